The molecule has 25 heavy (non-hydrogen) atoms. The zero-order chi connectivity index (χ0) is 18.4. The summed E-state index contributed by atoms with van der Waals surface area (Å²) in [6, 6.07) is 3.62. The molecule has 2 aromatic heterocycles. The van der Waals surface area contributed by atoms with E-state index in [0.717, 1.165) is 10.6 Å². The fourth-order valence-electron chi connectivity index (χ4n) is 2.05. The lowest BCUT2D eigenvalue weighted by molar-refractivity contribution is -0.137. The summed E-state index contributed by atoms with van der Waals surface area (Å²) in [5, 5.41) is 2.86. The Morgan fingerprint density at radius 3 is 2.56 bits per heavy atom. The smallest absolute Gasteiger partial charge is 0.273 e. The van der Waals surface area contributed by atoms with Gasteiger partial charge in [-0.2, -0.15) is 26.6 Å². The van der Waals surface area contributed by atoms with E-state index in [1.54, 1.807) is 11.6 Å². The number of nitrogens with zero attached hydrogens (tertiary/aromatic N) is 4. The first-order chi connectivity index (χ1) is 11.6. The first-order valence-corrected chi connectivity index (χ1v) is 8.15. The Balaban J connectivity index is 2.09. The van der Waals surface area contributed by atoms with Crippen LogP contribution in [0.3, 0.4) is 0 Å². The van der Waals surface area contributed by atoms with Crippen LogP contribution >= 0.6 is 0 Å². The molecular weight excluding hydrogens is 366 g/mol. The Bertz CT molecular complexity index is 1060. The lowest BCUT2D eigenvalue weighted by Crippen LogP contribution is -2.19. The number of rotatable bonds is 3. The normalized spacial score (nSPS) is 12.5. The number of fused-ring (bicyclic) bond motifs is 1. The monoisotopic (exact) mass is 375 g/mol. The van der Waals surface area contributed by atoms with Gasteiger partial charge in [0.1, 0.15) is 5.82 Å². The summed E-state index contributed by atoms with van der Waals surface area (Å²) in [6.07, 6.45) is -3.59. The molecule has 3 aromatic rings. The topological polar surface area (TPSA) is 89.2 Å². The second kappa shape index (κ2) is 5.65. The van der Waals surface area contributed by atoms with Crippen LogP contribution in [0.1, 0.15) is 11.3 Å². The van der Waals surface area contributed by atoms with Crippen molar-refractivity contribution < 1.29 is 26.0 Å². The van der Waals surface area contributed by atoms with Gasteiger partial charge in [-0.05, 0) is 25.1 Å². The number of anilines is 1. The molecule has 0 saturated carbocycles. The van der Waals surface area contributed by atoms with E-state index in [9.17, 15) is 26.0 Å². The van der Waals surface area contributed by atoms with Crippen molar-refractivity contribution in [2.24, 2.45) is 0 Å². The molecule has 0 unspecified atom stereocenters. The third-order valence-electron chi connectivity index (χ3n) is 3.21. The number of nitrogens with one attached hydrogen (secondary N) is 1. The lowest BCUT2D eigenvalue weighted by atomic mass is 10.1. The molecule has 0 aliphatic carbocycles. The van der Waals surface area contributed by atoms with Gasteiger partial charge in [-0.25, -0.2) is 13.9 Å². The fourth-order valence-corrected chi connectivity index (χ4v) is 3.00. The Hall–Kier alpha value is -2.76. The van der Waals surface area contributed by atoms with Crippen molar-refractivity contribution in [3.05, 3.63) is 47.5 Å². The van der Waals surface area contributed by atoms with Crippen LogP contribution in [0.15, 0.2) is 35.6 Å². The molecule has 0 aliphatic heterocycles. The maximum absolute atomic E-state index is 13.8. The van der Waals surface area contributed by atoms with Crippen molar-refractivity contribution in [2.75, 3.05) is 4.72 Å². The Morgan fingerprint density at radius 2 is 1.92 bits per heavy atom. The zero-order valence-corrected chi connectivity index (χ0v) is 13.2. The summed E-state index contributed by atoms with van der Waals surface area (Å²) in [4.78, 5) is 7.45. The number of halogens is 4. The predicted octanol–water partition coefficient (Wildman–Crippen LogP) is 2.39. The highest BCUT2D eigenvalue weighted by molar-refractivity contribution is 7.92. The molecule has 0 fully saturated rings. The number of para-hydroxylation sites is 1. The average Bonchev–Trinajstić information content (AvgIpc) is 2.94. The molecule has 132 valence electrons. The molecule has 0 aliphatic rings. The van der Waals surface area contributed by atoms with Crippen molar-refractivity contribution in [3.8, 4) is 0 Å². The van der Waals surface area contributed by atoms with Gasteiger partial charge >= 0.3 is 6.18 Å². The molecule has 3 rings (SSSR count). The van der Waals surface area contributed by atoms with Gasteiger partial charge in [-0.3, -0.25) is 4.72 Å². The quantitative estimate of drug-likeness (QED) is 0.710. The molecule has 0 bridgehead atoms. The van der Waals surface area contributed by atoms with Crippen molar-refractivity contribution >= 4 is 21.5 Å². The van der Waals surface area contributed by atoms with Gasteiger partial charge in [-0.15, -0.1) is 5.10 Å². The van der Waals surface area contributed by atoms with Gasteiger partial charge in [0.25, 0.3) is 21.0 Å². The van der Waals surface area contributed by atoms with E-state index in [1.807, 2.05) is 0 Å². The van der Waals surface area contributed by atoms with Gasteiger partial charge in [0, 0.05) is 11.9 Å². The number of hydrogen-bond acceptors (Lipinski definition) is 5. The van der Waals surface area contributed by atoms with Crippen LogP contribution in [0.5, 0.6) is 0 Å². The van der Waals surface area contributed by atoms with Gasteiger partial charge < -0.3 is 0 Å². The third-order valence-corrected chi connectivity index (χ3v) is 4.33. The minimum atomic E-state index is -4.95. The molecule has 7 nitrogen and oxygen atoms in total. The van der Waals surface area contributed by atoms with Crippen LogP contribution < -0.4 is 4.72 Å². The molecule has 1 aromatic carbocycles. The van der Waals surface area contributed by atoms with E-state index < -0.39 is 38.4 Å². The highest BCUT2D eigenvalue weighted by Crippen LogP contribution is 2.36. The number of hydrogen-bond donors (Lipinski definition) is 1. The fraction of sp³-hybridized carbons (Fsp3) is 0.154. The van der Waals surface area contributed by atoms with E-state index in [0.29, 0.717) is 17.8 Å². The average molecular weight is 375 g/mol. The second-order valence-corrected chi connectivity index (χ2v) is 6.53. The minimum Gasteiger partial charge on any atom is -0.273 e. The maximum Gasteiger partial charge on any atom is 0.418 e. The van der Waals surface area contributed by atoms with Crippen LogP contribution in [0.25, 0.3) is 5.78 Å². The zero-order valence-electron chi connectivity index (χ0n) is 12.4. The molecular formula is C13H9F4N5O2S. The highest BCUT2D eigenvalue weighted by atomic mass is 32.2. The van der Waals surface area contributed by atoms with E-state index in [-0.39, 0.29) is 5.78 Å². The molecule has 2 heterocycles. The number of benzene rings is 1. The van der Waals surface area contributed by atoms with Crippen LogP contribution in [0.4, 0.5) is 23.2 Å². The molecule has 0 spiro atoms. The van der Waals surface area contributed by atoms with E-state index in [4.69, 9.17) is 0 Å². The molecule has 1 N–H and O–H groups in total. The first kappa shape index (κ1) is 17.1. The maximum atomic E-state index is 13.8. The van der Waals surface area contributed by atoms with E-state index >= 15 is 0 Å². The number of aryl methyl sites for hydroxylation is 1. The van der Waals surface area contributed by atoms with Crippen LogP contribution in [-0.2, 0) is 16.2 Å². The first-order valence-electron chi connectivity index (χ1n) is 6.66. The minimum absolute atomic E-state index is 0.0649. The molecule has 0 radical (unpaired) electrons. The van der Waals surface area contributed by atoms with Crippen molar-refractivity contribution in [1.82, 2.24) is 19.6 Å². The number of sulfonamides is 1. The molecule has 0 saturated heterocycles. The summed E-state index contributed by atoms with van der Waals surface area (Å²) in [5.41, 5.74) is -2.19. The van der Waals surface area contributed by atoms with Crippen molar-refractivity contribution in [3.63, 3.8) is 0 Å². The summed E-state index contributed by atoms with van der Waals surface area (Å²) in [6.45, 7) is 1.60. The van der Waals surface area contributed by atoms with Crippen molar-refractivity contribution in [1.29, 1.82) is 0 Å². The van der Waals surface area contributed by atoms with Crippen LogP contribution in [0, 0.1) is 12.7 Å². The Labute approximate surface area is 138 Å². The predicted molar refractivity (Wildman–Crippen MR) is 77.7 cm³/mol. The van der Waals surface area contributed by atoms with Crippen LogP contribution in [0.2, 0.25) is 0 Å². The summed E-state index contributed by atoms with van der Waals surface area (Å²) in [5.74, 6) is -1.44. The Kier molecular flexibility index (Phi) is 3.86. The van der Waals surface area contributed by atoms with E-state index in [1.165, 1.54) is 12.3 Å². The lowest BCUT2D eigenvalue weighted by Gasteiger charge is -2.14. The molecule has 0 amide bonds. The van der Waals surface area contributed by atoms with Gasteiger partial charge in [0.15, 0.2) is 0 Å². The van der Waals surface area contributed by atoms with Gasteiger partial charge in [0.2, 0.25) is 0 Å². The highest BCUT2D eigenvalue weighted by Gasteiger charge is 2.36. The van der Waals surface area contributed by atoms with Gasteiger partial charge in [0.05, 0.1) is 11.3 Å². The molecule has 12 heteroatoms. The largest absolute Gasteiger partial charge is 0.418 e. The van der Waals surface area contributed by atoms with E-state index in [2.05, 4.69) is 15.1 Å². The van der Waals surface area contributed by atoms with Crippen LogP contribution in [-0.4, -0.2) is 28.0 Å². The summed E-state index contributed by atoms with van der Waals surface area (Å²) in [7, 11) is -4.67. The number of alkyl halides is 3. The summed E-state index contributed by atoms with van der Waals surface area (Å²) < 4.78 is 80.0. The molecule has 0 atom stereocenters. The standard InChI is InChI=1S/C13H9F4N5O2S/c1-7-5-6-18-11-19-12(20-22(7)11)25(23,24)21-10-8(13(15,16)17)3-2-4-9(10)14/h2-6,21H,1H3. The SMILES string of the molecule is Cc1ccnc2nc(S(=O)(=O)Nc3c(F)cccc3C(F)(F)F)nn12. The third kappa shape index (κ3) is 3.12. The second-order valence-electron chi connectivity index (χ2n) is 4.96. The Morgan fingerprint density at radius 1 is 1.20 bits per heavy atom. The summed E-state index contributed by atoms with van der Waals surface area (Å²) >= 11 is 0. The number of aromatic nitrogens is 4. The van der Waals surface area contributed by atoms with Gasteiger partial charge in [-0.1, -0.05) is 6.07 Å². The van der Waals surface area contributed by atoms with Crippen molar-refractivity contribution in [2.45, 2.75) is 18.3 Å².